The van der Waals surface area contributed by atoms with Gasteiger partial charge in [0, 0.05) is 5.92 Å². The number of hydrogen-bond acceptors (Lipinski definition) is 4. The molecule has 2 rings (SSSR count). The first-order valence-electron chi connectivity index (χ1n) is 4.81. The Balaban J connectivity index is 2.31. The largest absolute Gasteiger partial charge is 0.394 e. The molecule has 1 heterocycles. The van der Waals surface area contributed by atoms with Gasteiger partial charge in [-0.2, -0.15) is 5.26 Å². The third-order valence-corrected chi connectivity index (χ3v) is 2.68. The summed E-state index contributed by atoms with van der Waals surface area (Å²) in [6.07, 6.45) is 3.42. The van der Waals surface area contributed by atoms with Crippen molar-refractivity contribution < 1.29 is 5.11 Å². The summed E-state index contributed by atoms with van der Waals surface area (Å²) >= 11 is 0. The topological polar surface area (TPSA) is 74.7 Å². The molecule has 1 saturated carbocycles. The van der Waals surface area contributed by atoms with Crippen LogP contribution in [0.3, 0.4) is 0 Å². The summed E-state index contributed by atoms with van der Waals surface area (Å²) in [6, 6.07) is 2.05. The first-order valence-corrected chi connectivity index (χ1v) is 4.81. The third kappa shape index (κ3) is 1.38. The van der Waals surface area contributed by atoms with Crippen molar-refractivity contribution in [2.75, 3.05) is 6.61 Å². The highest BCUT2D eigenvalue weighted by Crippen LogP contribution is 2.37. The molecule has 0 spiro atoms. The van der Waals surface area contributed by atoms with E-state index in [1.54, 1.807) is 4.68 Å². The molecule has 1 aliphatic rings. The Hall–Kier alpha value is -1.41. The molecule has 0 unspecified atom stereocenters. The smallest absolute Gasteiger partial charge is 0.186 e. The van der Waals surface area contributed by atoms with Gasteiger partial charge in [0.25, 0.3) is 0 Å². The van der Waals surface area contributed by atoms with E-state index >= 15 is 0 Å². The second-order valence-electron chi connectivity index (χ2n) is 3.51. The van der Waals surface area contributed by atoms with Crippen molar-refractivity contribution in [3.63, 3.8) is 0 Å². The number of nitrogens with zero attached hydrogens (tertiary/aromatic N) is 4. The molecule has 74 valence electrons. The minimum atomic E-state index is 0.0357. The molecular weight excluding hydrogens is 180 g/mol. The zero-order valence-electron chi connectivity index (χ0n) is 7.85. The SMILES string of the molecule is N#Cc1nnn(CCO)c1C1CCC1. The summed E-state index contributed by atoms with van der Waals surface area (Å²) in [5.74, 6) is 0.422. The molecule has 0 saturated heterocycles. The molecule has 0 atom stereocenters. The van der Waals surface area contributed by atoms with Crippen LogP contribution in [0, 0.1) is 11.3 Å². The molecule has 1 aromatic heterocycles. The predicted octanol–water partition coefficient (Wildman–Crippen LogP) is 0.410. The van der Waals surface area contributed by atoms with Gasteiger partial charge in [-0.25, -0.2) is 4.68 Å². The van der Waals surface area contributed by atoms with Gasteiger partial charge < -0.3 is 5.11 Å². The number of aromatic nitrogens is 3. The zero-order chi connectivity index (χ0) is 9.97. The van der Waals surface area contributed by atoms with Gasteiger partial charge in [0.1, 0.15) is 6.07 Å². The molecule has 1 aromatic rings. The van der Waals surface area contributed by atoms with E-state index in [-0.39, 0.29) is 6.61 Å². The van der Waals surface area contributed by atoms with Gasteiger partial charge in [-0.1, -0.05) is 11.6 Å². The molecule has 1 aliphatic carbocycles. The first kappa shape index (κ1) is 9.16. The highest BCUT2D eigenvalue weighted by atomic mass is 16.3. The van der Waals surface area contributed by atoms with Crippen LogP contribution in [0.15, 0.2) is 0 Å². The summed E-state index contributed by atoms with van der Waals surface area (Å²) in [5, 5.41) is 25.3. The Morgan fingerprint density at radius 1 is 1.57 bits per heavy atom. The maximum absolute atomic E-state index is 8.84. The summed E-state index contributed by atoms with van der Waals surface area (Å²) in [6.45, 7) is 0.467. The van der Waals surface area contributed by atoms with Crippen molar-refractivity contribution in [1.29, 1.82) is 5.26 Å². The Kier molecular flexibility index (Phi) is 2.46. The Labute approximate surface area is 82.0 Å². The van der Waals surface area contributed by atoms with Gasteiger partial charge in [0.2, 0.25) is 0 Å². The third-order valence-electron chi connectivity index (χ3n) is 2.68. The molecular formula is C9H12N4O. The van der Waals surface area contributed by atoms with Crippen molar-refractivity contribution in [2.45, 2.75) is 31.7 Å². The van der Waals surface area contributed by atoms with E-state index in [2.05, 4.69) is 10.3 Å². The number of rotatable bonds is 3. The number of aliphatic hydroxyl groups is 1. The van der Waals surface area contributed by atoms with Crippen molar-refractivity contribution in [2.24, 2.45) is 0 Å². The number of hydrogen-bond donors (Lipinski definition) is 1. The van der Waals surface area contributed by atoms with Crippen molar-refractivity contribution in [3.05, 3.63) is 11.4 Å². The lowest BCUT2D eigenvalue weighted by atomic mass is 9.82. The van der Waals surface area contributed by atoms with Crippen LogP contribution in [-0.4, -0.2) is 26.7 Å². The molecule has 5 nitrogen and oxygen atoms in total. The van der Waals surface area contributed by atoms with Crippen molar-refractivity contribution in [1.82, 2.24) is 15.0 Å². The van der Waals surface area contributed by atoms with Gasteiger partial charge in [-0.05, 0) is 12.8 Å². The lowest BCUT2D eigenvalue weighted by Crippen LogP contribution is -2.17. The Bertz CT molecular complexity index is 361. The summed E-state index contributed by atoms with van der Waals surface area (Å²) in [4.78, 5) is 0. The normalized spacial score (nSPS) is 16.3. The molecule has 0 amide bonds. The van der Waals surface area contributed by atoms with Gasteiger partial charge in [-0.3, -0.25) is 0 Å². The highest BCUT2D eigenvalue weighted by molar-refractivity contribution is 5.28. The predicted molar refractivity (Wildman–Crippen MR) is 48.4 cm³/mol. The van der Waals surface area contributed by atoms with Crippen LogP contribution >= 0.6 is 0 Å². The molecule has 5 heteroatoms. The van der Waals surface area contributed by atoms with Crippen LogP contribution in [-0.2, 0) is 6.54 Å². The van der Waals surface area contributed by atoms with Crippen LogP contribution in [0.25, 0.3) is 0 Å². The maximum Gasteiger partial charge on any atom is 0.186 e. The molecule has 0 radical (unpaired) electrons. The van der Waals surface area contributed by atoms with Crippen molar-refractivity contribution in [3.8, 4) is 6.07 Å². The van der Waals surface area contributed by atoms with E-state index in [9.17, 15) is 0 Å². The van der Waals surface area contributed by atoms with E-state index in [0.717, 1.165) is 18.5 Å². The minimum Gasteiger partial charge on any atom is -0.394 e. The van der Waals surface area contributed by atoms with Crippen LogP contribution in [0.4, 0.5) is 0 Å². The van der Waals surface area contributed by atoms with Crippen LogP contribution < -0.4 is 0 Å². The van der Waals surface area contributed by atoms with E-state index in [1.165, 1.54) is 6.42 Å². The quantitative estimate of drug-likeness (QED) is 0.752. The first-order chi connectivity index (χ1) is 6.86. The fourth-order valence-corrected chi connectivity index (χ4v) is 1.75. The lowest BCUT2D eigenvalue weighted by molar-refractivity contribution is 0.260. The second kappa shape index (κ2) is 3.76. The van der Waals surface area contributed by atoms with Crippen LogP contribution in [0.5, 0.6) is 0 Å². The Morgan fingerprint density at radius 3 is 2.86 bits per heavy atom. The molecule has 0 bridgehead atoms. The van der Waals surface area contributed by atoms with Crippen LogP contribution in [0.2, 0.25) is 0 Å². The van der Waals surface area contributed by atoms with Gasteiger partial charge in [0.05, 0.1) is 18.8 Å². The summed E-state index contributed by atoms with van der Waals surface area (Å²) in [5.41, 5.74) is 1.33. The van der Waals surface area contributed by atoms with Gasteiger partial charge >= 0.3 is 0 Å². The second-order valence-corrected chi connectivity index (χ2v) is 3.51. The Morgan fingerprint density at radius 2 is 2.36 bits per heavy atom. The average Bonchev–Trinajstić information content (AvgIpc) is 2.47. The summed E-state index contributed by atoms with van der Waals surface area (Å²) < 4.78 is 1.66. The maximum atomic E-state index is 8.84. The monoisotopic (exact) mass is 192 g/mol. The minimum absolute atomic E-state index is 0.0357. The zero-order valence-corrected chi connectivity index (χ0v) is 7.85. The van der Waals surface area contributed by atoms with E-state index in [0.29, 0.717) is 18.2 Å². The number of nitriles is 1. The van der Waals surface area contributed by atoms with Gasteiger partial charge in [-0.15, -0.1) is 5.10 Å². The molecule has 1 fully saturated rings. The standard InChI is InChI=1S/C9H12N4O/c10-6-8-9(7-2-1-3-7)13(4-5-14)12-11-8/h7,14H,1-5H2. The van der Waals surface area contributed by atoms with Crippen LogP contribution in [0.1, 0.15) is 36.6 Å². The van der Waals surface area contributed by atoms with E-state index in [1.807, 2.05) is 6.07 Å². The number of aliphatic hydroxyl groups excluding tert-OH is 1. The molecule has 0 aromatic carbocycles. The molecule has 1 N–H and O–H groups in total. The fourth-order valence-electron chi connectivity index (χ4n) is 1.75. The van der Waals surface area contributed by atoms with Gasteiger partial charge in [0.15, 0.2) is 5.69 Å². The fraction of sp³-hybridized carbons (Fsp3) is 0.667. The van der Waals surface area contributed by atoms with E-state index < -0.39 is 0 Å². The lowest BCUT2D eigenvalue weighted by Gasteiger charge is -2.25. The van der Waals surface area contributed by atoms with Crippen molar-refractivity contribution >= 4 is 0 Å². The highest BCUT2D eigenvalue weighted by Gasteiger charge is 2.27. The molecule has 14 heavy (non-hydrogen) atoms. The molecule has 0 aliphatic heterocycles. The van der Waals surface area contributed by atoms with E-state index in [4.69, 9.17) is 10.4 Å². The average molecular weight is 192 g/mol. The summed E-state index contributed by atoms with van der Waals surface area (Å²) in [7, 11) is 0.